The fourth-order valence-corrected chi connectivity index (χ4v) is 1.56. The molecule has 0 bridgehead atoms. The number of nitrogens with zero attached hydrogens (tertiary/aromatic N) is 1. The maximum Gasteiger partial charge on any atom is 0.00387 e. The lowest BCUT2D eigenvalue weighted by molar-refractivity contribution is 0.206. The van der Waals surface area contributed by atoms with Crippen LogP contribution >= 0.6 is 0 Å². The van der Waals surface area contributed by atoms with E-state index < -0.39 is 0 Å². The van der Waals surface area contributed by atoms with Gasteiger partial charge in [-0.1, -0.05) is 0 Å². The molecule has 1 fully saturated rings. The molecule has 0 aromatic carbocycles. The Kier molecular flexibility index (Phi) is 4.20. The molecule has 1 atom stereocenters. The van der Waals surface area contributed by atoms with Gasteiger partial charge in [0.1, 0.15) is 0 Å². The Balaban J connectivity index is 2.20. The molecule has 2 nitrogen and oxygen atoms in total. The number of rotatable bonds is 6. The van der Waals surface area contributed by atoms with Crippen molar-refractivity contribution in [1.82, 2.24) is 4.90 Å². The third kappa shape index (κ3) is 4.63. The lowest BCUT2D eigenvalue weighted by Gasteiger charge is -2.27. The number of hydrogen-bond acceptors (Lipinski definition) is 2. The van der Waals surface area contributed by atoms with E-state index in [-0.39, 0.29) is 0 Å². The van der Waals surface area contributed by atoms with Gasteiger partial charge in [0.15, 0.2) is 0 Å². The van der Waals surface area contributed by atoms with Gasteiger partial charge in [-0.25, -0.2) is 0 Å². The van der Waals surface area contributed by atoms with Crippen LogP contribution in [-0.2, 0) is 0 Å². The van der Waals surface area contributed by atoms with Crippen molar-refractivity contribution >= 4 is 0 Å². The van der Waals surface area contributed by atoms with Gasteiger partial charge in [0, 0.05) is 18.6 Å². The van der Waals surface area contributed by atoms with Gasteiger partial charge in [-0.05, 0) is 52.5 Å². The minimum absolute atomic E-state index is 0.348. The van der Waals surface area contributed by atoms with E-state index in [1.807, 2.05) is 0 Å². The van der Waals surface area contributed by atoms with Crippen LogP contribution in [0.3, 0.4) is 0 Å². The first-order chi connectivity index (χ1) is 6.09. The molecule has 1 unspecified atom stereocenters. The molecule has 13 heavy (non-hydrogen) atoms. The molecule has 2 N–H and O–H groups in total. The predicted octanol–water partition coefficient (Wildman–Crippen LogP) is 1.84. The molecular weight excluding hydrogens is 160 g/mol. The highest BCUT2D eigenvalue weighted by molar-refractivity contribution is 4.79. The molecule has 2 heteroatoms. The van der Waals surface area contributed by atoms with E-state index in [1.165, 1.54) is 25.9 Å². The van der Waals surface area contributed by atoms with E-state index in [1.54, 1.807) is 0 Å². The zero-order chi connectivity index (χ0) is 9.84. The highest BCUT2D eigenvalue weighted by Crippen LogP contribution is 2.30. The molecule has 0 aliphatic heterocycles. The number of hydrogen-bond donors (Lipinski definition) is 1. The maximum atomic E-state index is 5.76. The SMILES string of the molecule is CC(N)CCN(CC1CC1)C(C)C. The lowest BCUT2D eigenvalue weighted by atomic mass is 10.2. The summed E-state index contributed by atoms with van der Waals surface area (Å²) in [6, 6.07) is 1.03. The van der Waals surface area contributed by atoms with Gasteiger partial charge in [-0.2, -0.15) is 0 Å². The van der Waals surface area contributed by atoms with Crippen molar-refractivity contribution in [2.45, 2.75) is 52.1 Å². The molecule has 0 aromatic rings. The van der Waals surface area contributed by atoms with Gasteiger partial charge in [-0.3, -0.25) is 0 Å². The smallest absolute Gasteiger partial charge is 0.00387 e. The van der Waals surface area contributed by atoms with Gasteiger partial charge in [0.2, 0.25) is 0 Å². The summed E-state index contributed by atoms with van der Waals surface area (Å²) in [5.74, 6) is 0.996. The standard InChI is InChI=1S/C11H24N2/c1-9(2)13(7-6-10(3)12)8-11-4-5-11/h9-11H,4-8,12H2,1-3H3. The normalized spacial score (nSPS) is 19.8. The lowest BCUT2D eigenvalue weighted by Crippen LogP contribution is -2.36. The Hall–Kier alpha value is -0.0800. The van der Waals surface area contributed by atoms with E-state index >= 15 is 0 Å². The Bertz CT molecular complexity index is 139. The minimum Gasteiger partial charge on any atom is -0.328 e. The summed E-state index contributed by atoms with van der Waals surface area (Å²) >= 11 is 0. The van der Waals surface area contributed by atoms with Crippen LogP contribution in [0.4, 0.5) is 0 Å². The van der Waals surface area contributed by atoms with Gasteiger partial charge >= 0.3 is 0 Å². The summed E-state index contributed by atoms with van der Waals surface area (Å²) < 4.78 is 0. The summed E-state index contributed by atoms with van der Waals surface area (Å²) in [6.07, 6.45) is 4.02. The first-order valence-corrected chi connectivity index (χ1v) is 5.59. The predicted molar refractivity (Wildman–Crippen MR) is 57.7 cm³/mol. The summed E-state index contributed by atoms with van der Waals surface area (Å²) in [5.41, 5.74) is 5.76. The summed E-state index contributed by atoms with van der Waals surface area (Å²) in [4.78, 5) is 2.57. The molecule has 0 aromatic heterocycles. The Morgan fingerprint density at radius 1 is 1.31 bits per heavy atom. The van der Waals surface area contributed by atoms with Crippen LogP contribution in [0.25, 0.3) is 0 Å². The second-order valence-electron chi connectivity index (χ2n) is 4.80. The van der Waals surface area contributed by atoms with Crippen molar-refractivity contribution in [2.75, 3.05) is 13.1 Å². The summed E-state index contributed by atoms with van der Waals surface area (Å²) in [6.45, 7) is 9.12. The molecular formula is C11H24N2. The van der Waals surface area contributed by atoms with Crippen molar-refractivity contribution in [3.63, 3.8) is 0 Å². The minimum atomic E-state index is 0.348. The Morgan fingerprint density at radius 2 is 1.92 bits per heavy atom. The van der Waals surface area contributed by atoms with Crippen molar-refractivity contribution in [2.24, 2.45) is 11.7 Å². The van der Waals surface area contributed by atoms with E-state index in [0.717, 1.165) is 12.3 Å². The zero-order valence-electron chi connectivity index (χ0n) is 9.29. The van der Waals surface area contributed by atoms with Gasteiger partial charge in [0.05, 0.1) is 0 Å². The van der Waals surface area contributed by atoms with Crippen LogP contribution in [0.15, 0.2) is 0 Å². The van der Waals surface area contributed by atoms with Gasteiger partial charge in [-0.15, -0.1) is 0 Å². The molecule has 1 rings (SSSR count). The second kappa shape index (κ2) is 4.97. The van der Waals surface area contributed by atoms with Gasteiger partial charge in [0.25, 0.3) is 0 Å². The molecule has 1 saturated carbocycles. The monoisotopic (exact) mass is 184 g/mol. The van der Waals surface area contributed by atoms with Crippen LogP contribution in [0.1, 0.15) is 40.0 Å². The first-order valence-electron chi connectivity index (χ1n) is 5.59. The van der Waals surface area contributed by atoms with E-state index in [4.69, 9.17) is 5.73 Å². The molecule has 78 valence electrons. The maximum absolute atomic E-state index is 5.76. The third-order valence-corrected chi connectivity index (χ3v) is 2.79. The van der Waals surface area contributed by atoms with Gasteiger partial charge < -0.3 is 10.6 Å². The third-order valence-electron chi connectivity index (χ3n) is 2.79. The summed E-state index contributed by atoms with van der Waals surface area (Å²) in [7, 11) is 0. The topological polar surface area (TPSA) is 29.3 Å². The largest absolute Gasteiger partial charge is 0.328 e. The average Bonchev–Trinajstić information content (AvgIpc) is 2.80. The second-order valence-corrected chi connectivity index (χ2v) is 4.80. The molecule has 1 aliphatic rings. The fourth-order valence-electron chi connectivity index (χ4n) is 1.56. The van der Waals surface area contributed by atoms with E-state index in [2.05, 4.69) is 25.7 Å². The highest BCUT2D eigenvalue weighted by atomic mass is 15.1. The molecule has 0 radical (unpaired) electrons. The van der Waals surface area contributed by atoms with Crippen LogP contribution in [0.5, 0.6) is 0 Å². The van der Waals surface area contributed by atoms with E-state index in [0.29, 0.717) is 12.1 Å². The van der Waals surface area contributed by atoms with Crippen LogP contribution < -0.4 is 5.73 Å². The van der Waals surface area contributed by atoms with E-state index in [9.17, 15) is 0 Å². The highest BCUT2D eigenvalue weighted by Gasteiger charge is 2.25. The summed E-state index contributed by atoms with van der Waals surface area (Å²) in [5, 5.41) is 0. The fraction of sp³-hybridized carbons (Fsp3) is 1.00. The molecule has 0 saturated heterocycles. The van der Waals surface area contributed by atoms with Crippen LogP contribution in [0, 0.1) is 5.92 Å². The quantitative estimate of drug-likeness (QED) is 0.682. The zero-order valence-corrected chi connectivity index (χ0v) is 9.29. The number of nitrogens with two attached hydrogens (primary N) is 1. The van der Waals surface area contributed by atoms with Crippen molar-refractivity contribution < 1.29 is 0 Å². The molecule has 0 amide bonds. The molecule has 0 spiro atoms. The van der Waals surface area contributed by atoms with Crippen molar-refractivity contribution in [1.29, 1.82) is 0 Å². The van der Waals surface area contributed by atoms with Crippen LogP contribution in [-0.4, -0.2) is 30.1 Å². The molecule has 1 aliphatic carbocycles. The average molecular weight is 184 g/mol. The Morgan fingerprint density at radius 3 is 2.31 bits per heavy atom. The van der Waals surface area contributed by atoms with Crippen molar-refractivity contribution in [3.05, 3.63) is 0 Å². The molecule has 0 heterocycles. The van der Waals surface area contributed by atoms with Crippen molar-refractivity contribution in [3.8, 4) is 0 Å². The Labute approximate surface area is 82.5 Å². The van der Waals surface area contributed by atoms with Crippen LogP contribution in [0.2, 0.25) is 0 Å². The first kappa shape index (κ1) is 11.0.